The van der Waals surface area contributed by atoms with Crippen LogP contribution in [0.1, 0.15) is 58.2 Å². The molecule has 0 radical (unpaired) electrons. The second kappa shape index (κ2) is 10.6. The summed E-state index contributed by atoms with van der Waals surface area (Å²) < 4.78 is 20.1. The Hall–Kier alpha value is -2.61. The van der Waals surface area contributed by atoms with Gasteiger partial charge in [-0.05, 0) is 56.5 Å². The average Bonchev–Trinajstić information content (AvgIpc) is 3.35. The molecule has 0 aliphatic carbocycles. The number of hydrogen-bond acceptors (Lipinski definition) is 5. The lowest BCUT2D eigenvalue weighted by atomic mass is 9.82. The van der Waals surface area contributed by atoms with Crippen molar-refractivity contribution < 1.29 is 14.0 Å². The van der Waals surface area contributed by atoms with Crippen LogP contribution in [0.3, 0.4) is 0 Å². The Bertz CT molecular complexity index is 1030. The molecular weight excluding hydrogens is 413 g/mol. The fourth-order valence-electron chi connectivity index (χ4n) is 3.50. The molecule has 3 aromatic rings. The van der Waals surface area contributed by atoms with Crippen LogP contribution >= 0.6 is 0 Å². The molecule has 6 nitrogen and oxygen atoms in total. The minimum Gasteiger partial charge on any atom is -0.489 e. The van der Waals surface area contributed by atoms with E-state index in [1.165, 1.54) is 0 Å². The third-order valence-electron chi connectivity index (χ3n) is 6.05. The van der Waals surface area contributed by atoms with Crippen LogP contribution in [0.2, 0.25) is 0 Å². The molecule has 0 amide bonds. The molecule has 176 valence electrons. The summed E-state index contributed by atoms with van der Waals surface area (Å²) in [5, 5.41) is 4.51. The van der Waals surface area contributed by atoms with E-state index in [2.05, 4.69) is 51.0 Å². The van der Waals surface area contributed by atoms with E-state index >= 15 is 0 Å². The van der Waals surface area contributed by atoms with Crippen LogP contribution in [0.5, 0.6) is 5.75 Å². The molecule has 0 saturated carbocycles. The smallest absolute Gasteiger partial charge is 0.489 e. The van der Waals surface area contributed by atoms with Crippen molar-refractivity contribution in [3.05, 3.63) is 77.6 Å². The van der Waals surface area contributed by atoms with Gasteiger partial charge in [0.1, 0.15) is 12.4 Å². The maximum absolute atomic E-state index is 6.12. The van der Waals surface area contributed by atoms with Gasteiger partial charge in [0.25, 0.3) is 0 Å². The average molecular weight is 449 g/mol. The van der Waals surface area contributed by atoms with Crippen LogP contribution in [-0.2, 0) is 29.0 Å². The SMILES string of the molecule is CC.CC1(C)OB(c2cnn(Cc3cccc(COc4cccc(CN)c4)c3)c2)OC1(C)C. The van der Waals surface area contributed by atoms with Gasteiger partial charge in [-0.15, -0.1) is 0 Å². The van der Waals surface area contributed by atoms with Gasteiger partial charge in [0.2, 0.25) is 0 Å². The van der Waals surface area contributed by atoms with Crippen molar-refractivity contribution in [3.8, 4) is 5.75 Å². The third kappa shape index (κ3) is 6.05. The molecule has 2 heterocycles. The molecule has 2 aromatic carbocycles. The van der Waals surface area contributed by atoms with Crippen molar-refractivity contribution in [1.29, 1.82) is 0 Å². The van der Waals surface area contributed by atoms with E-state index in [-0.39, 0.29) is 11.2 Å². The minimum absolute atomic E-state index is 0.363. The molecule has 1 aliphatic rings. The van der Waals surface area contributed by atoms with E-state index in [9.17, 15) is 0 Å². The van der Waals surface area contributed by atoms with Gasteiger partial charge in [-0.2, -0.15) is 5.10 Å². The Morgan fingerprint density at radius 2 is 1.58 bits per heavy atom. The van der Waals surface area contributed by atoms with Crippen LogP contribution in [-0.4, -0.2) is 28.1 Å². The van der Waals surface area contributed by atoms with Crippen LogP contribution in [0.4, 0.5) is 0 Å². The molecule has 1 saturated heterocycles. The fraction of sp³-hybridized carbons (Fsp3) is 0.423. The maximum atomic E-state index is 6.12. The molecule has 33 heavy (non-hydrogen) atoms. The van der Waals surface area contributed by atoms with Crippen LogP contribution in [0, 0.1) is 0 Å². The normalized spacial score (nSPS) is 16.3. The zero-order valence-corrected chi connectivity index (χ0v) is 20.7. The van der Waals surface area contributed by atoms with E-state index in [1.807, 2.05) is 61.3 Å². The first-order valence-corrected chi connectivity index (χ1v) is 11.6. The Kier molecular flexibility index (Phi) is 8.00. The highest BCUT2D eigenvalue weighted by Crippen LogP contribution is 2.36. The summed E-state index contributed by atoms with van der Waals surface area (Å²) in [6.07, 6.45) is 3.81. The summed E-state index contributed by atoms with van der Waals surface area (Å²) in [5.41, 5.74) is 9.23. The van der Waals surface area contributed by atoms with Gasteiger partial charge in [-0.3, -0.25) is 4.68 Å². The summed E-state index contributed by atoms with van der Waals surface area (Å²) in [4.78, 5) is 0. The summed E-state index contributed by atoms with van der Waals surface area (Å²) in [7, 11) is -0.400. The number of ether oxygens (including phenoxy) is 1. The molecule has 0 atom stereocenters. The van der Waals surface area contributed by atoms with E-state index < -0.39 is 7.12 Å². The second-order valence-corrected chi connectivity index (χ2v) is 9.02. The first-order valence-electron chi connectivity index (χ1n) is 11.6. The molecule has 4 rings (SSSR count). The predicted octanol–water partition coefficient (Wildman–Crippen LogP) is 4.29. The zero-order chi connectivity index (χ0) is 24.1. The number of aromatic nitrogens is 2. The van der Waals surface area contributed by atoms with Crippen LogP contribution in [0.25, 0.3) is 0 Å². The predicted molar refractivity (Wildman–Crippen MR) is 134 cm³/mol. The number of nitrogens with zero attached hydrogens (tertiary/aromatic N) is 2. The Morgan fingerprint density at radius 1 is 0.939 bits per heavy atom. The molecule has 0 unspecified atom stereocenters. The minimum atomic E-state index is -0.400. The lowest BCUT2D eigenvalue weighted by Gasteiger charge is -2.32. The molecule has 1 fully saturated rings. The van der Waals surface area contributed by atoms with E-state index in [4.69, 9.17) is 19.8 Å². The second-order valence-electron chi connectivity index (χ2n) is 9.02. The summed E-state index contributed by atoms with van der Waals surface area (Å²) >= 11 is 0. The number of benzene rings is 2. The quantitative estimate of drug-likeness (QED) is 0.545. The molecule has 2 N–H and O–H groups in total. The monoisotopic (exact) mass is 449 g/mol. The largest absolute Gasteiger partial charge is 0.498 e. The van der Waals surface area contributed by atoms with E-state index in [0.29, 0.717) is 19.7 Å². The molecule has 1 aliphatic heterocycles. The Morgan fingerprint density at radius 3 is 2.27 bits per heavy atom. The third-order valence-corrected chi connectivity index (χ3v) is 6.05. The van der Waals surface area contributed by atoms with Gasteiger partial charge in [-0.25, -0.2) is 0 Å². The molecule has 1 aromatic heterocycles. The van der Waals surface area contributed by atoms with Gasteiger partial charge in [0, 0.05) is 24.4 Å². The highest BCUT2D eigenvalue weighted by molar-refractivity contribution is 6.62. The maximum Gasteiger partial charge on any atom is 0.498 e. The van der Waals surface area contributed by atoms with Crippen molar-refractivity contribution in [2.45, 2.75) is 72.4 Å². The molecular formula is C26H36BN3O3. The molecule has 0 bridgehead atoms. The fourth-order valence-corrected chi connectivity index (χ4v) is 3.50. The number of nitrogens with two attached hydrogens (primary N) is 1. The zero-order valence-electron chi connectivity index (χ0n) is 20.7. The topological polar surface area (TPSA) is 71.5 Å². The molecule has 0 spiro atoms. The van der Waals surface area contributed by atoms with Gasteiger partial charge < -0.3 is 19.8 Å². The van der Waals surface area contributed by atoms with Crippen LogP contribution < -0.4 is 15.9 Å². The highest BCUT2D eigenvalue weighted by atomic mass is 16.7. The van der Waals surface area contributed by atoms with Gasteiger partial charge >= 0.3 is 7.12 Å². The lowest BCUT2D eigenvalue weighted by Crippen LogP contribution is -2.41. The Labute approximate surface area is 198 Å². The van der Waals surface area contributed by atoms with Crippen molar-refractivity contribution in [2.75, 3.05) is 0 Å². The summed E-state index contributed by atoms with van der Waals surface area (Å²) in [6, 6.07) is 16.2. The van der Waals surface area contributed by atoms with Gasteiger partial charge in [-0.1, -0.05) is 50.2 Å². The van der Waals surface area contributed by atoms with E-state index in [0.717, 1.165) is 27.9 Å². The van der Waals surface area contributed by atoms with E-state index in [1.54, 1.807) is 0 Å². The van der Waals surface area contributed by atoms with Crippen molar-refractivity contribution in [1.82, 2.24) is 9.78 Å². The van der Waals surface area contributed by atoms with Crippen molar-refractivity contribution in [2.24, 2.45) is 5.73 Å². The summed E-state index contributed by atoms with van der Waals surface area (Å²) in [5.74, 6) is 0.826. The lowest BCUT2D eigenvalue weighted by molar-refractivity contribution is 0.00578. The van der Waals surface area contributed by atoms with Gasteiger partial charge in [0.05, 0.1) is 17.7 Å². The first kappa shape index (κ1) is 25.0. The van der Waals surface area contributed by atoms with Gasteiger partial charge in [0.15, 0.2) is 0 Å². The first-order chi connectivity index (χ1) is 15.8. The summed E-state index contributed by atoms with van der Waals surface area (Å²) in [6.45, 7) is 13.9. The number of rotatable bonds is 7. The highest BCUT2D eigenvalue weighted by Gasteiger charge is 2.52. The standard InChI is InChI=1S/C24H30BN3O3.C2H6/c1-23(2)24(3,4)31-25(30-23)21-14-27-28(16-21)15-19-8-5-9-20(11-19)17-29-22-10-6-7-18(12-22)13-26;1-2/h5-12,14,16H,13,15,17,26H2,1-4H3;1-2H3. The number of hydrogen-bond donors (Lipinski definition) is 1. The van der Waals surface area contributed by atoms with Crippen molar-refractivity contribution in [3.63, 3.8) is 0 Å². The molecule has 7 heteroatoms. The van der Waals surface area contributed by atoms with Crippen molar-refractivity contribution >= 4 is 12.6 Å². The Balaban J connectivity index is 0.00000149. The van der Waals surface area contributed by atoms with Crippen LogP contribution in [0.15, 0.2) is 60.9 Å².